The summed E-state index contributed by atoms with van der Waals surface area (Å²) in [4.78, 5) is 4.06. The second kappa shape index (κ2) is 4.00. The second-order valence-electron chi connectivity index (χ2n) is 3.31. The molecule has 0 saturated heterocycles. The lowest BCUT2D eigenvalue weighted by Gasteiger charge is -2.07. The molecule has 1 heterocycles. The van der Waals surface area contributed by atoms with Gasteiger partial charge in [-0.2, -0.15) is 0 Å². The minimum absolute atomic E-state index is 0.549. The van der Waals surface area contributed by atoms with Crippen LogP contribution in [0.4, 0.5) is 5.69 Å². The van der Waals surface area contributed by atoms with Crippen molar-refractivity contribution in [2.45, 2.75) is 6.92 Å². The molecule has 2 rings (SSSR count). The molecule has 0 spiro atoms. The first-order valence-corrected chi connectivity index (χ1v) is 4.71. The van der Waals surface area contributed by atoms with E-state index in [1.807, 2.05) is 37.3 Å². The molecule has 0 aliphatic heterocycles. The van der Waals surface area contributed by atoms with E-state index in [4.69, 9.17) is 10.5 Å². The fourth-order valence-electron chi connectivity index (χ4n) is 1.28. The average molecular weight is 200 g/mol. The molecule has 3 heteroatoms. The number of aryl methyl sites for hydroxylation is 1. The minimum atomic E-state index is 0.549. The van der Waals surface area contributed by atoms with Crippen LogP contribution in [-0.4, -0.2) is 4.98 Å². The Morgan fingerprint density at radius 2 is 2.07 bits per heavy atom. The first-order chi connectivity index (χ1) is 7.25. The van der Waals surface area contributed by atoms with E-state index in [9.17, 15) is 0 Å². The zero-order valence-electron chi connectivity index (χ0n) is 8.47. The SMILES string of the molecule is Cc1ccc(Oc2ccccn2)c(N)c1. The lowest BCUT2D eigenvalue weighted by atomic mass is 10.2. The topological polar surface area (TPSA) is 48.1 Å². The van der Waals surface area contributed by atoms with E-state index in [2.05, 4.69) is 4.98 Å². The fraction of sp³-hybridized carbons (Fsp3) is 0.0833. The molecule has 1 aromatic heterocycles. The maximum Gasteiger partial charge on any atom is 0.219 e. The van der Waals surface area contributed by atoms with Crippen molar-refractivity contribution in [2.24, 2.45) is 0 Å². The molecule has 0 saturated carbocycles. The van der Waals surface area contributed by atoms with Gasteiger partial charge in [0.05, 0.1) is 5.69 Å². The lowest BCUT2D eigenvalue weighted by molar-refractivity contribution is 0.465. The third kappa shape index (κ3) is 2.26. The van der Waals surface area contributed by atoms with Crippen molar-refractivity contribution in [3.05, 3.63) is 48.2 Å². The van der Waals surface area contributed by atoms with Gasteiger partial charge in [-0.25, -0.2) is 4.98 Å². The smallest absolute Gasteiger partial charge is 0.219 e. The van der Waals surface area contributed by atoms with Crippen LogP contribution in [-0.2, 0) is 0 Å². The number of nitrogens with two attached hydrogens (primary N) is 1. The molecule has 0 fully saturated rings. The van der Waals surface area contributed by atoms with Gasteiger partial charge in [-0.05, 0) is 30.7 Å². The van der Waals surface area contributed by atoms with Gasteiger partial charge in [-0.3, -0.25) is 0 Å². The molecule has 0 bridgehead atoms. The summed E-state index contributed by atoms with van der Waals surface area (Å²) in [6, 6.07) is 11.2. The van der Waals surface area contributed by atoms with E-state index in [-0.39, 0.29) is 0 Å². The van der Waals surface area contributed by atoms with Crippen molar-refractivity contribution in [3.8, 4) is 11.6 Å². The monoisotopic (exact) mass is 200 g/mol. The van der Waals surface area contributed by atoms with E-state index in [1.165, 1.54) is 0 Å². The van der Waals surface area contributed by atoms with Crippen molar-refractivity contribution in [3.63, 3.8) is 0 Å². The van der Waals surface area contributed by atoms with Gasteiger partial charge in [-0.15, -0.1) is 0 Å². The van der Waals surface area contributed by atoms with Gasteiger partial charge in [0.25, 0.3) is 0 Å². The van der Waals surface area contributed by atoms with Gasteiger partial charge >= 0.3 is 0 Å². The van der Waals surface area contributed by atoms with Crippen molar-refractivity contribution >= 4 is 5.69 Å². The summed E-state index contributed by atoms with van der Waals surface area (Å²) in [5.41, 5.74) is 7.55. The number of rotatable bonds is 2. The number of benzene rings is 1. The summed E-state index contributed by atoms with van der Waals surface area (Å²) in [5.74, 6) is 1.19. The van der Waals surface area contributed by atoms with E-state index >= 15 is 0 Å². The zero-order chi connectivity index (χ0) is 10.7. The fourth-order valence-corrected chi connectivity index (χ4v) is 1.28. The van der Waals surface area contributed by atoms with Gasteiger partial charge in [0.15, 0.2) is 5.75 Å². The first kappa shape index (κ1) is 9.52. The van der Waals surface area contributed by atoms with Crippen molar-refractivity contribution in [1.82, 2.24) is 4.98 Å². The molecule has 0 amide bonds. The molecule has 0 atom stereocenters. The van der Waals surface area contributed by atoms with Gasteiger partial charge in [0.2, 0.25) is 5.88 Å². The number of nitrogen functional groups attached to an aromatic ring is 1. The Labute approximate surface area is 88.5 Å². The van der Waals surface area contributed by atoms with Gasteiger partial charge in [-0.1, -0.05) is 12.1 Å². The van der Waals surface area contributed by atoms with Crippen LogP contribution in [0.3, 0.4) is 0 Å². The maximum absolute atomic E-state index is 5.82. The molecular weight excluding hydrogens is 188 g/mol. The van der Waals surface area contributed by atoms with Crippen LogP contribution in [0, 0.1) is 6.92 Å². The third-order valence-electron chi connectivity index (χ3n) is 2.02. The number of ether oxygens (including phenoxy) is 1. The largest absolute Gasteiger partial charge is 0.437 e. The normalized spacial score (nSPS) is 9.93. The van der Waals surface area contributed by atoms with Crippen molar-refractivity contribution in [1.29, 1.82) is 0 Å². The minimum Gasteiger partial charge on any atom is -0.437 e. The number of anilines is 1. The van der Waals surface area contributed by atoms with Crippen LogP contribution in [0.15, 0.2) is 42.6 Å². The highest BCUT2D eigenvalue weighted by Crippen LogP contribution is 2.26. The molecule has 0 radical (unpaired) electrons. The van der Waals surface area contributed by atoms with E-state index in [1.54, 1.807) is 12.3 Å². The molecule has 76 valence electrons. The number of hydrogen-bond donors (Lipinski definition) is 1. The van der Waals surface area contributed by atoms with Crippen LogP contribution in [0.25, 0.3) is 0 Å². The van der Waals surface area contributed by atoms with Gasteiger partial charge < -0.3 is 10.5 Å². The lowest BCUT2D eigenvalue weighted by Crippen LogP contribution is -1.93. The van der Waals surface area contributed by atoms with Crippen molar-refractivity contribution in [2.75, 3.05) is 5.73 Å². The second-order valence-corrected chi connectivity index (χ2v) is 3.31. The Balaban J connectivity index is 2.25. The van der Waals surface area contributed by atoms with E-state index in [0.717, 1.165) is 5.56 Å². The number of nitrogens with zero attached hydrogens (tertiary/aromatic N) is 1. The zero-order valence-corrected chi connectivity index (χ0v) is 8.47. The first-order valence-electron chi connectivity index (χ1n) is 4.71. The van der Waals surface area contributed by atoms with Gasteiger partial charge in [0, 0.05) is 12.3 Å². The summed E-state index contributed by atoms with van der Waals surface area (Å²) >= 11 is 0. The summed E-state index contributed by atoms with van der Waals surface area (Å²) in [6.45, 7) is 1.99. The Bertz CT molecular complexity index is 454. The Kier molecular flexibility index (Phi) is 2.54. The van der Waals surface area contributed by atoms with Crippen LogP contribution >= 0.6 is 0 Å². The Morgan fingerprint density at radius 3 is 2.73 bits per heavy atom. The van der Waals surface area contributed by atoms with Gasteiger partial charge in [0.1, 0.15) is 0 Å². The quantitative estimate of drug-likeness (QED) is 0.758. The van der Waals surface area contributed by atoms with Crippen LogP contribution in [0.1, 0.15) is 5.56 Å². The molecule has 0 unspecified atom stereocenters. The predicted octanol–water partition coefficient (Wildman–Crippen LogP) is 2.76. The summed E-state index contributed by atoms with van der Waals surface area (Å²) in [5, 5.41) is 0. The molecule has 1 aromatic carbocycles. The molecule has 3 nitrogen and oxygen atoms in total. The Hall–Kier alpha value is -2.03. The summed E-state index contributed by atoms with van der Waals surface area (Å²) in [6.07, 6.45) is 1.68. The van der Waals surface area contributed by atoms with Crippen LogP contribution < -0.4 is 10.5 Å². The van der Waals surface area contributed by atoms with E-state index in [0.29, 0.717) is 17.3 Å². The highest BCUT2D eigenvalue weighted by atomic mass is 16.5. The molecule has 2 N–H and O–H groups in total. The van der Waals surface area contributed by atoms with Crippen LogP contribution in [0.2, 0.25) is 0 Å². The molecule has 15 heavy (non-hydrogen) atoms. The number of pyridine rings is 1. The number of hydrogen-bond acceptors (Lipinski definition) is 3. The van der Waals surface area contributed by atoms with Crippen LogP contribution in [0.5, 0.6) is 11.6 Å². The highest BCUT2D eigenvalue weighted by molar-refractivity contribution is 5.55. The van der Waals surface area contributed by atoms with E-state index < -0.39 is 0 Å². The molecular formula is C12H12N2O. The maximum atomic E-state index is 5.82. The summed E-state index contributed by atoms with van der Waals surface area (Å²) in [7, 11) is 0. The molecule has 0 aliphatic rings. The standard InChI is InChI=1S/C12H12N2O/c1-9-5-6-11(10(13)8-9)15-12-4-2-3-7-14-12/h2-8H,13H2,1H3. The molecule has 2 aromatic rings. The third-order valence-corrected chi connectivity index (χ3v) is 2.02. The molecule has 0 aliphatic carbocycles. The Morgan fingerprint density at radius 1 is 1.20 bits per heavy atom. The predicted molar refractivity (Wildman–Crippen MR) is 59.9 cm³/mol. The average Bonchev–Trinajstić information content (AvgIpc) is 2.24. The number of aromatic nitrogens is 1. The highest BCUT2D eigenvalue weighted by Gasteiger charge is 2.01. The van der Waals surface area contributed by atoms with Crippen molar-refractivity contribution < 1.29 is 4.74 Å². The summed E-state index contributed by atoms with van der Waals surface area (Å²) < 4.78 is 5.53.